The zero-order chi connectivity index (χ0) is 14.7. The van der Waals surface area contributed by atoms with E-state index in [9.17, 15) is 4.79 Å². The van der Waals surface area contributed by atoms with Crippen molar-refractivity contribution in [1.82, 2.24) is 19.7 Å². The van der Waals surface area contributed by atoms with E-state index in [4.69, 9.17) is 5.73 Å². The number of rotatable bonds is 3. The third-order valence-electron chi connectivity index (χ3n) is 3.71. The molecular weight excluding hydrogens is 266 g/mol. The number of anilines is 1. The number of benzene rings is 1. The molecular formula is C15H19N5O. The molecule has 0 radical (unpaired) electrons. The fraction of sp³-hybridized carbons (Fsp3) is 0.400. The molecule has 1 aromatic carbocycles. The molecule has 0 bridgehead atoms. The first kappa shape index (κ1) is 13.6. The van der Waals surface area contributed by atoms with Crippen LogP contribution in [0.2, 0.25) is 0 Å². The van der Waals surface area contributed by atoms with Gasteiger partial charge in [-0.3, -0.25) is 4.79 Å². The van der Waals surface area contributed by atoms with Crippen molar-refractivity contribution in [2.75, 3.05) is 18.8 Å². The summed E-state index contributed by atoms with van der Waals surface area (Å²) in [6.07, 6.45) is 5.02. The van der Waals surface area contributed by atoms with E-state index in [1.54, 1.807) is 11.0 Å². The van der Waals surface area contributed by atoms with Crippen molar-refractivity contribution in [3.05, 3.63) is 30.6 Å². The van der Waals surface area contributed by atoms with Gasteiger partial charge in [0.25, 0.3) is 0 Å². The number of nitrogen functional groups attached to an aromatic ring is 1. The standard InChI is InChI=1S/C15H19N5O/c16-13-6-4-12(5-7-13)15-17-11-20(18-15)10-14(21)19-8-2-1-3-9-19/h4-7,11H,1-3,8-10,16H2. The maximum Gasteiger partial charge on any atom is 0.244 e. The average molecular weight is 285 g/mol. The first-order valence-electron chi connectivity index (χ1n) is 7.25. The third-order valence-corrected chi connectivity index (χ3v) is 3.71. The van der Waals surface area contributed by atoms with Crippen LogP contribution in [0.4, 0.5) is 5.69 Å². The summed E-state index contributed by atoms with van der Waals surface area (Å²) in [7, 11) is 0. The molecule has 1 aliphatic heterocycles. The number of carbonyl (C=O) groups is 1. The molecule has 1 aliphatic rings. The van der Waals surface area contributed by atoms with Gasteiger partial charge < -0.3 is 10.6 Å². The number of nitrogens with zero attached hydrogens (tertiary/aromatic N) is 4. The highest BCUT2D eigenvalue weighted by atomic mass is 16.2. The smallest absolute Gasteiger partial charge is 0.244 e. The monoisotopic (exact) mass is 285 g/mol. The number of carbonyl (C=O) groups excluding carboxylic acids is 1. The van der Waals surface area contributed by atoms with E-state index >= 15 is 0 Å². The molecule has 2 N–H and O–H groups in total. The van der Waals surface area contributed by atoms with Gasteiger partial charge in [0.05, 0.1) is 0 Å². The normalized spacial score (nSPS) is 15.1. The van der Waals surface area contributed by atoms with E-state index in [-0.39, 0.29) is 12.5 Å². The summed E-state index contributed by atoms with van der Waals surface area (Å²) in [6, 6.07) is 7.38. The number of hydrogen-bond donors (Lipinski definition) is 1. The van der Waals surface area contributed by atoms with Crippen molar-refractivity contribution < 1.29 is 4.79 Å². The van der Waals surface area contributed by atoms with Crippen molar-refractivity contribution in [2.24, 2.45) is 0 Å². The van der Waals surface area contributed by atoms with Crippen LogP contribution in [-0.4, -0.2) is 38.7 Å². The Balaban J connectivity index is 1.67. The summed E-state index contributed by atoms with van der Waals surface area (Å²) in [5.41, 5.74) is 7.27. The van der Waals surface area contributed by atoms with Crippen LogP contribution in [0.3, 0.4) is 0 Å². The first-order chi connectivity index (χ1) is 10.2. The quantitative estimate of drug-likeness (QED) is 0.868. The van der Waals surface area contributed by atoms with Crippen molar-refractivity contribution >= 4 is 11.6 Å². The van der Waals surface area contributed by atoms with Crippen molar-refractivity contribution in [2.45, 2.75) is 25.8 Å². The average Bonchev–Trinajstić information content (AvgIpc) is 2.97. The molecule has 1 aromatic heterocycles. The largest absolute Gasteiger partial charge is 0.399 e. The predicted octanol–water partition coefficient (Wildman–Crippen LogP) is 1.54. The van der Waals surface area contributed by atoms with Crippen LogP contribution in [0.5, 0.6) is 0 Å². The van der Waals surface area contributed by atoms with E-state index < -0.39 is 0 Å². The van der Waals surface area contributed by atoms with E-state index in [1.165, 1.54) is 6.42 Å². The van der Waals surface area contributed by atoms with Gasteiger partial charge >= 0.3 is 0 Å². The van der Waals surface area contributed by atoms with Crippen LogP contribution >= 0.6 is 0 Å². The molecule has 21 heavy (non-hydrogen) atoms. The van der Waals surface area contributed by atoms with Gasteiger partial charge in [0.2, 0.25) is 5.91 Å². The topological polar surface area (TPSA) is 77.0 Å². The lowest BCUT2D eigenvalue weighted by atomic mass is 10.1. The number of amides is 1. The molecule has 0 spiro atoms. The lowest BCUT2D eigenvalue weighted by molar-refractivity contribution is -0.132. The number of aromatic nitrogens is 3. The number of piperidine rings is 1. The molecule has 0 atom stereocenters. The lowest BCUT2D eigenvalue weighted by Crippen LogP contribution is -2.37. The Hall–Kier alpha value is -2.37. The highest BCUT2D eigenvalue weighted by molar-refractivity contribution is 5.76. The molecule has 1 amide bonds. The van der Waals surface area contributed by atoms with Crippen LogP contribution < -0.4 is 5.73 Å². The summed E-state index contributed by atoms with van der Waals surface area (Å²) < 4.78 is 1.60. The molecule has 1 saturated heterocycles. The molecule has 6 nitrogen and oxygen atoms in total. The summed E-state index contributed by atoms with van der Waals surface area (Å²) in [5, 5.41) is 4.36. The maximum atomic E-state index is 12.2. The van der Waals surface area contributed by atoms with Crippen LogP contribution in [0, 0.1) is 0 Å². The van der Waals surface area contributed by atoms with E-state index in [0.29, 0.717) is 11.5 Å². The fourth-order valence-electron chi connectivity index (χ4n) is 2.52. The Morgan fingerprint density at radius 1 is 1.14 bits per heavy atom. The van der Waals surface area contributed by atoms with Gasteiger partial charge in [-0.2, -0.15) is 5.10 Å². The zero-order valence-electron chi connectivity index (χ0n) is 11.9. The van der Waals surface area contributed by atoms with Gasteiger partial charge in [-0.05, 0) is 43.5 Å². The summed E-state index contributed by atoms with van der Waals surface area (Å²) in [6.45, 7) is 1.97. The van der Waals surface area contributed by atoms with Gasteiger partial charge in [-0.1, -0.05) is 0 Å². The maximum absolute atomic E-state index is 12.2. The van der Waals surface area contributed by atoms with E-state index in [1.807, 2.05) is 29.2 Å². The van der Waals surface area contributed by atoms with E-state index in [0.717, 1.165) is 31.5 Å². The Morgan fingerprint density at radius 2 is 1.86 bits per heavy atom. The van der Waals surface area contributed by atoms with Gasteiger partial charge in [0.1, 0.15) is 12.9 Å². The van der Waals surface area contributed by atoms with Crippen LogP contribution in [0.25, 0.3) is 11.4 Å². The molecule has 0 saturated carbocycles. The van der Waals surface area contributed by atoms with Gasteiger partial charge in [0, 0.05) is 24.3 Å². The highest BCUT2D eigenvalue weighted by Gasteiger charge is 2.17. The molecule has 3 rings (SSSR count). The number of likely N-dealkylation sites (tertiary alicyclic amines) is 1. The lowest BCUT2D eigenvalue weighted by Gasteiger charge is -2.26. The third kappa shape index (κ3) is 3.21. The van der Waals surface area contributed by atoms with E-state index in [2.05, 4.69) is 10.1 Å². The number of hydrogen-bond acceptors (Lipinski definition) is 4. The SMILES string of the molecule is Nc1ccc(-c2ncn(CC(=O)N3CCCCC3)n2)cc1. The van der Waals surface area contributed by atoms with Crippen molar-refractivity contribution in [3.63, 3.8) is 0 Å². The Kier molecular flexibility index (Phi) is 3.85. The summed E-state index contributed by atoms with van der Waals surface area (Å²) >= 11 is 0. The molecule has 2 heterocycles. The molecule has 2 aromatic rings. The van der Waals surface area contributed by atoms with Crippen LogP contribution in [0.1, 0.15) is 19.3 Å². The second-order valence-electron chi connectivity index (χ2n) is 5.33. The minimum Gasteiger partial charge on any atom is -0.399 e. The Morgan fingerprint density at radius 3 is 2.57 bits per heavy atom. The fourth-order valence-corrected chi connectivity index (χ4v) is 2.52. The van der Waals surface area contributed by atoms with Gasteiger partial charge in [-0.25, -0.2) is 9.67 Å². The predicted molar refractivity (Wildman–Crippen MR) is 80.3 cm³/mol. The minimum absolute atomic E-state index is 0.114. The summed E-state index contributed by atoms with van der Waals surface area (Å²) in [5.74, 6) is 0.727. The molecule has 0 aliphatic carbocycles. The molecule has 110 valence electrons. The highest BCUT2D eigenvalue weighted by Crippen LogP contribution is 2.16. The molecule has 6 heteroatoms. The first-order valence-corrected chi connectivity index (χ1v) is 7.25. The van der Waals surface area contributed by atoms with Crippen molar-refractivity contribution in [3.8, 4) is 11.4 Å². The second kappa shape index (κ2) is 5.95. The number of nitrogens with two attached hydrogens (primary N) is 1. The Bertz CT molecular complexity index is 613. The summed E-state index contributed by atoms with van der Waals surface area (Å²) in [4.78, 5) is 18.3. The minimum atomic E-state index is 0.114. The van der Waals surface area contributed by atoms with Crippen molar-refractivity contribution in [1.29, 1.82) is 0 Å². The van der Waals surface area contributed by atoms with Crippen LogP contribution in [-0.2, 0) is 11.3 Å². The zero-order valence-corrected chi connectivity index (χ0v) is 11.9. The second-order valence-corrected chi connectivity index (χ2v) is 5.33. The van der Waals surface area contributed by atoms with Gasteiger partial charge in [0.15, 0.2) is 5.82 Å². The van der Waals surface area contributed by atoms with Gasteiger partial charge in [-0.15, -0.1) is 0 Å². The van der Waals surface area contributed by atoms with Crippen LogP contribution in [0.15, 0.2) is 30.6 Å². The molecule has 0 unspecified atom stereocenters. The Labute approximate surface area is 123 Å². The molecule has 1 fully saturated rings.